The SMILES string of the molecule is C1CC2(CCOCC2)C[N]1. The third-order valence-electron chi connectivity index (χ3n) is 2.80. The van der Waals surface area contributed by atoms with Crippen LogP contribution in [0.15, 0.2) is 0 Å². The Morgan fingerprint density at radius 3 is 2.50 bits per heavy atom. The average Bonchev–Trinajstić information content (AvgIpc) is 2.39. The van der Waals surface area contributed by atoms with Gasteiger partial charge in [0.15, 0.2) is 0 Å². The zero-order valence-corrected chi connectivity index (χ0v) is 6.31. The lowest BCUT2D eigenvalue weighted by atomic mass is 9.80. The molecule has 0 unspecified atom stereocenters. The van der Waals surface area contributed by atoms with Gasteiger partial charge in [0.2, 0.25) is 0 Å². The van der Waals surface area contributed by atoms with E-state index in [4.69, 9.17) is 4.74 Å². The van der Waals surface area contributed by atoms with E-state index in [1.54, 1.807) is 0 Å². The fourth-order valence-electron chi connectivity index (χ4n) is 1.92. The van der Waals surface area contributed by atoms with Gasteiger partial charge in [0.05, 0.1) is 0 Å². The fourth-order valence-corrected chi connectivity index (χ4v) is 1.92. The average molecular weight is 140 g/mol. The summed E-state index contributed by atoms with van der Waals surface area (Å²) in [5, 5.41) is 4.40. The van der Waals surface area contributed by atoms with Crippen LogP contribution in [0.2, 0.25) is 0 Å². The van der Waals surface area contributed by atoms with Crippen LogP contribution < -0.4 is 5.32 Å². The van der Waals surface area contributed by atoms with Crippen LogP contribution in [0.25, 0.3) is 0 Å². The monoisotopic (exact) mass is 140 g/mol. The molecule has 0 aromatic heterocycles. The summed E-state index contributed by atoms with van der Waals surface area (Å²) in [7, 11) is 0. The summed E-state index contributed by atoms with van der Waals surface area (Å²) in [6.07, 6.45) is 3.81. The van der Waals surface area contributed by atoms with Crippen molar-refractivity contribution in [3.8, 4) is 0 Å². The first kappa shape index (κ1) is 6.62. The molecule has 0 aromatic rings. The van der Waals surface area contributed by atoms with Crippen molar-refractivity contribution in [2.45, 2.75) is 19.3 Å². The minimum Gasteiger partial charge on any atom is -0.381 e. The topological polar surface area (TPSA) is 23.3 Å². The third kappa shape index (κ3) is 1.06. The Kier molecular flexibility index (Phi) is 1.66. The first-order valence-corrected chi connectivity index (χ1v) is 4.12. The molecule has 2 nitrogen and oxygen atoms in total. The van der Waals surface area contributed by atoms with E-state index in [2.05, 4.69) is 5.32 Å². The Morgan fingerprint density at radius 2 is 1.90 bits per heavy atom. The molecule has 0 amide bonds. The van der Waals surface area contributed by atoms with E-state index < -0.39 is 0 Å². The lowest BCUT2D eigenvalue weighted by Gasteiger charge is -2.31. The van der Waals surface area contributed by atoms with Gasteiger partial charge >= 0.3 is 0 Å². The minimum atomic E-state index is 0.582. The zero-order valence-electron chi connectivity index (χ0n) is 6.31. The van der Waals surface area contributed by atoms with Gasteiger partial charge in [-0.3, -0.25) is 0 Å². The quantitative estimate of drug-likeness (QED) is 0.488. The lowest BCUT2D eigenvalue weighted by Crippen LogP contribution is -2.30. The van der Waals surface area contributed by atoms with E-state index in [9.17, 15) is 0 Å². The maximum atomic E-state index is 5.31. The molecular weight excluding hydrogens is 126 g/mol. The van der Waals surface area contributed by atoms with E-state index in [0.29, 0.717) is 5.41 Å². The van der Waals surface area contributed by atoms with Crippen LogP contribution in [0.5, 0.6) is 0 Å². The van der Waals surface area contributed by atoms with Gasteiger partial charge in [0.25, 0.3) is 0 Å². The van der Waals surface area contributed by atoms with Crippen molar-refractivity contribution in [1.82, 2.24) is 5.32 Å². The molecule has 0 saturated carbocycles. The first-order valence-electron chi connectivity index (χ1n) is 4.12. The molecule has 2 heteroatoms. The minimum absolute atomic E-state index is 0.582. The molecule has 2 fully saturated rings. The number of hydrogen-bond donors (Lipinski definition) is 0. The van der Waals surface area contributed by atoms with Crippen LogP contribution >= 0.6 is 0 Å². The van der Waals surface area contributed by atoms with Gasteiger partial charge in [-0.25, -0.2) is 5.32 Å². The molecule has 2 rings (SSSR count). The number of rotatable bonds is 0. The normalized spacial score (nSPS) is 31.2. The van der Waals surface area contributed by atoms with Crippen molar-refractivity contribution in [3.05, 3.63) is 0 Å². The summed E-state index contributed by atoms with van der Waals surface area (Å²) in [6.45, 7) is 4.14. The van der Waals surface area contributed by atoms with Gasteiger partial charge in [-0.2, -0.15) is 0 Å². The van der Waals surface area contributed by atoms with Crippen molar-refractivity contribution >= 4 is 0 Å². The summed E-state index contributed by atoms with van der Waals surface area (Å²) in [4.78, 5) is 0. The highest BCUT2D eigenvalue weighted by Gasteiger charge is 2.35. The second kappa shape index (κ2) is 2.51. The molecule has 2 aliphatic heterocycles. The number of nitrogens with zero attached hydrogens (tertiary/aromatic N) is 1. The Hall–Kier alpha value is -0.0800. The Labute approximate surface area is 61.9 Å². The molecule has 2 heterocycles. The number of hydrogen-bond acceptors (Lipinski definition) is 1. The molecule has 2 saturated heterocycles. The molecule has 10 heavy (non-hydrogen) atoms. The summed E-state index contributed by atoms with van der Waals surface area (Å²) in [5.74, 6) is 0. The van der Waals surface area contributed by atoms with Crippen molar-refractivity contribution in [2.24, 2.45) is 5.41 Å². The predicted molar refractivity (Wildman–Crippen MR) is 39.0 cm³/mol. The summed E-state index contributed by atoms with van der Waals surface area (Å²) >= 11 is 0. The van der Waals surface area contributed by atoms with Crippen LogP contribution in [0.1, 0.15) is 19.3 Å². The van der Waals surface area contributed by atoms with E-state index in [-0.39, 0.29) is 0 Å². The standard InChI is InChI=1S/C8H14NO/c1-4-9-7-8(1)2-5-10-6-3-8/h1-7H2. The van der Waals surface area contributed by atoms with Crippen molar-refractivity contribution in [3.63, 3.8) is 0 Å². The van der Waals surface area contributed by atoms with Crippen LogP contribution in [0, 0.1) is 5.41 Å². The van der Waals surface area contributed by atoms with Crippen LogP contribution in [0.3, 0.4) is 0 Å². The maximum Gasteiger partial charge on any atom is 0.0471 e. The Morgan fingerprint density at radius 1 is 1.10 bits per heavy atom. The van der Waals surface area contributed by atoms with Crippen molar-refractivity contribution in [1.29, 1.82) is 0 Å². The zero-order chi connectivity index (χ0) is 6.86. The van der Waals surface area contributed by atoms with E-state index in [1.165, 1.54) is 19.3 Å². The van der Waals surface area contributed by atoms with Gasteiger partial charge in [-0.15, -0.1) is 0 Å². The second-order valence-corrected chi connectivity index (χ2v) is 3.47. The molecule has 2 aliphatic rings. The van der Waals surface area contributed by atoms with Gasteiger partial charge < -0.3 is 4.74 Å². The molecule has 1 radical (unpaired) electrons. The molecular formula is C8H14NO. The highest BCUT2D eigenvalue weighted by Crippen LogP contribution is 2.36. The summed E-state index contributed by atoms with van der Waals surface area (Å²) < 4.78 is 5.31. The molecule has 0 aromatic carbocycles. The largest absolute Gasteiger partial charge is 0.381 e. The van der Waals surface area contributed by atoms with Crippen molar-refractivity contribution < 1.29 is 4.74 Å². The van der Waals surface area contributed by atoms with E-state index in [0.717, 1.165) is 26.3 Å². The molecule has 0 bridgehead atoms. The summed E-state index contributed by atoms with van der Waals surface area (Å²) in [5.41, 5.74) is 0.582. The number of ether oxygens (including phenoxy) is 1. The highest BCUT2D eigenvalue weighted by molar-refractivity contribution is 4.88. The van der Waals surface area contributed by atoms with Crippen molar-refractivity contribution in [2.75, 3.05) is 26.3 Å². The summed E-state index contributed by atoms with van der Waals surface area (Å²) in [6, 6.07) is 0. The highest BCUT2D eigenvalue weighted by atomic mass is 16.5. The smallest absolute Gasteiger partial charge is 0.0471 e. The van der Waals surface area contributed by atoms with Gasteiger partial charge in [0.1, 0.15) is 0 Å². The van der Waals surface area contributed by atoms with E-state index >= 15 is 0 Å². The van der Waals surface area contributed by atoms with Gasteiger partial charge in [0, 0.05) is 26.3 Å². The van der Waals surface area contributed by atoms with Gasteiger partial charge in [-0.05, 0) is 24.7 Å². The molecule has 0 N–H and O–H groups in total. The second-order valence-electron chi connectivity index (χ2n) is 3.47. The lowest BCUT2D eigenvalue weighted by molar-refractivity contribution is 0.0245. The first-order chi connectivity index (χ1) is 4.91. The van der Waals surface area contributed by atoms with Crippen LogP contribution in [-0.4, -0.2) is 26.3 Å². The molecule has 0 aliphatic carbocycles. The Balaban J connectivity index is 1.98. The molecule has 0 atom stereocenters. The molecule has 1 spiro atoms. The fraction of sp³-hybridized carbons (Fsp3) is 1.00. The van der Waals surface area contributed by atoms with Gasteiger partial charge in [-0.1, -0.05) is 0 Å². The van der Waals surface area contributed by atoms with Crippen LogP contribution in [-0.2, 0) is 4.74 Å². The maximum absolute atomic E-state index is 5.31. The third-order valence-corrected chi connectivity index (χ3v) is 2.80. The van der Waals surface area contributed by atoms with E-state index in [1.807, 2.05) is 0 Å². The molecule has 57 valence electrons. The Bertz CT molecular complexity index is 110. The predicted octanol–water partition coefficient (Wildman–Crippen LogP) is 0.791. The van der Waals surface area contributed by atoms with Crippen LogP contribution in [0.4, 0.5) is 0 Å².